The predicted molar refractivity (Wildman–Crippen MR) is 125 cm³/mol. The van der Waals surface area contributed by atoms with Crippen molar-refractivity contribution in [2.24, 2.45) is 0 Å². The summed E-state index contributed by atoms with van der Waals surface area (Å²) >= 11 is 5.90. The Hall–Kier alpha value is -3.15. The van der Waals surface area contributed by atoms with Crippen LogP contribution in [0.25, 0.3) is 5.65 Å². The Morgan fingerprint density at radius 2 is 1.91 bits per heavy atom. The zero-order chi connectivity index (χ0) is 23.4. The Kier molecular flexibility index (Phi) is 7.11. The number of amides is 1. The van der Waals surface area contributed by atoms with Crippen molar-refractivity contribution in [1.82, 2.24) is 24.4 Å². The minimum Gasteiger partial charge on any atom is -0.492 e. The van der Waals surface area contributed by atoms with Gasteiger partial charge in [0.1, 0.15) is 24.0 Å². The van der Waals surface area contributed by atoms with Gasteiger partial charge in [0.2, 0.25) is 5.91 Å². The second kappa shape index (κ2) is 10.2. The molecule has 8 nitrogen and oxygen atoms in total. The fourth-order valence-corrected chi connectivity index (χ4v) is 4.31. The average molecular weight is 467 g/mol. The molecule has 1 fully saturated rings. The van der Waals surface area contributed by atoms with Gasteiger partial charge in [-0.1, -0.05) is 11.6 Å². The third-order valence-corrected chi connectivity index (χ3v) is 6.38. The van der Waals surface area contributed by atoms with E-state index in [-0.39, 0.29) is 5.91 Å². The van der Waals surface area contributed by atoms with Crippen LogP contribution in [0, 0.1) is 25.2 Å². The topological polar surface area (TPSA) is 86.8 Å². The molecule has 0 N–H and O–H groups in total. The average Bonchev–Trinajstić information content (AvgIpc) is 3.23. The molecule has 0 atom stereocenters. The van der Waals surface area contributed by atoms with Gasteiger partial charge in [0.15, 0.2) is 5.65 Å². The van der Waals surface area contributed by atoms with E-state index in [9.17, 15) is 10.1 Å². The van der Waals surface area contributed by atoms with Crippen molar-refractivity contribution in [1.29, 1.82) is 5.26 Å². The molecule has 4 rings (SSSR count). The van der Waals surface area contributed by atoms with E-state index in [2.05, 4.69) is 21.1 Å². The maximum atomic E-state index is 12.8. The van der Waals surface area contributed by atoms with Gasteiger partial charge in [0, 0.05) is 55.6 Å². The van der Waals surface area contributed by atoms with Crippen LogP contribution in [0.1, 0.15) is 28.9 Å². The van der Waals surface area contributed by atoms with Gasteiger partial charge in [-0.05, 0) is 50.1 Å². The Morgan fingerprint density at radius 3 is 2.61 bits per heavy atom. The third kappa shape index (κ3) is 5.27. The van der Waals surface area contributed by atoms with Crippen LogP contribution in [0.4, 0.5) is 0 Å². The minimum atomic E-state index is 0.157. The number of carbonyl (C=O) groups is 1. The molecule has 0 spiro atoms. The molecule has 33 heavy (non-hydrogen) atoms. The van der Waals surface area contributed by atoms with Crippen LogP contribution >= 0.6 is 11.6 Å². The molecule has 1 aliphatic rings. The summed E-state index contributed by atoms with van der Waals surface area (Å²) in [4.78, 5) is 21.6. The summed E-state index contributed by atoms with van der Waals surface area (Å²) in [6, 6.07) is 9.48. The Balaban J connectivity index is 1.25. The molecule has 1 aliphatic heterocycles. The summed E-state index contributed by atoms with van der Waals surface area (Å²) < 4.78 is 7.47. The molecular weight excluding hydrogens is 440 g/mol. The minimum absolute atomic E-state index is 0.157. The number of ether oxygens (including phenoxy) is 1. The van der Waals surface area contributed by atoms with Crippen LogP contribution in [0.3, 0.4) is 0 Å². The van der Waals surface area contributed by atoms with Crippen molar-refractivity contribution in [2.75, 3.05) is 39.3 Å². The highest BCUT2D eigenvalue weighted by Crippen LogP contribution is 2.19. The smallest absolute Gasteiger partial charge is 0.222 e. The van der Waals surface area contributed by atoms with Crippen molar-refractivity contribution in [2.45, 2.75) is 26.7 Å². The van der Waals surface area contributed by atoms with Crippen molar-refractivity contribution >= 4 is 23.2 Å². The Labute approximate surface area is 198 Å². The number of benzene rings is 1. The largest absolute Gasteiger partial charge is 0.492 e. The van der Waals surface area contributed by atoms with Gasteiger partial charge in [-0.25, -0.2) is 9.50 Å². The number of carbonyl (C=O) groups excluding carboxylic acids is 1. The molecule has 1 saturated heterocycles. The van der Waals surface area contributed by atoms with Gasteiger partial charge in [-0.2, -0.15) is 10.4 Å². The highest BCUT2D eigenvalue weighted by molar-refractivity contribution is 6.30. The number of aromatic nitrogens is 3. The molecule has 0 radical (unpaired) electrons. The SMILES string of the molecule is Cc1nc2c(C#N)cnn2c(C)c1CCC(=O)N1CCN(CCOc2ccc(Cl)cc2)CC1. The van der Waals surface area contributed by atoms with E-state index in [1.165, 1.54) is 6.20 Å². The van der Waals surface area contributed by atoms with Crippen LogP contribution in [0.5, 0.6) is 5.75 Å². The van der Waals surface area contributed by atoms with E-state index in [0.717, 1.165) is 55.4 Å². The maximum Gasteiger partial charge on any atom is 0.222 e. The molecule has 2 aromatic heterocycles. The quantitative estimate of drug-likeness (QED) is 0.532. The second-order valence-corrected chi connectivity index (χ2v) is 8.63. The molecule has 3 aromatic rings. The maximum absolute atomic E-state index is 12.8. The number of halogens is 1. The zero-order valence-corrected chi connectivity index (χ0v) is 19.7. The number of piperazine rings is 1. The van der Waals surface area contributed by atoms with Crippen LogP contribution < -0.4 is 4.74 Å². The summed E-state index contributed by atoms with van der Waals surface area (Å²) in [7, 11) is 0. The van der Waals surface area contributed by atoms with E-state index in [1.807, 2.05) is 43.0 Å². The first-order valence-electron chi connectivity index (χ1n) is 11.1. The van der Waals surface area contributed by atoms with E-state index in [4.69, 9.17) is 16.3 Å². The number of nitrogens with zero attached hydrogens (tertiary/aromatic N) is 6. The van der Waals surface area contributed by atoms with Crippen molar-refractivity contribution < 1.29 is 9.53 Å². The molecule has 0 unspecified atom stereocenters. The summed E-state index contributed by atoms with van der Waals surface area (Å²) in [5, 5.41) is 14.2. The van der Waals surface area contributed by atoms with Gasteiger partial charge in [-0.3, -0.25) is 9.69 Å². The van der Waals surface area contributed by atoms with Gasteiger partial charge < -0.3 is 9.64 Å². The molecule has 3 heterocycles. The lowest BCUT2D eigenvalue weighted by Gasteiger charge is -2.34. The number of hydrogen-bond donors (Lipinski definition) is 0. The first-order valence-corrected chi connectivity index (χ1v) is 11.5. The lowest BCUT2D eigenvalue weighted by Crippen LogP contribution is -2.49. The van der Waals surface area contributed by atoms with E-state index in [1.54, 1.807) is 4.52 Å². The normalized spacial score (nSPS) is 14.4. The summed E-state index contributed by atoms with van der Waals surface area (Å²) in [5.41, 5.74) is 3.81. The Morgan fingerprint density at radius 1 is 1.18 bits per heavy atom. The van der Waals surface area contributed by atoms with E-state index < -0.39 is 0 Å². The second-order valence-electron chi connectivity index (χ2n) is 8.19. The van der Waals surface area contributed by atoms with Crippen LogP contribution in [0.15, 0.2) is 30.5 Å². The highest BCUT2D eigenvalue weighted by atomic mass is 35.5. The van der Waals surface area contributed by atoms with E-state index in [0.29, 0.717) is 35.7 Å². The highest BCUT2D eigenvalue weighted by Gasteiger charge is 2.22. The molecule has 0 saturated carbocycles. The lowest BCUT2D eigenvalue weighted by atomic mass is 10.1. The molecule has 0 bridgehead atoms. The Bertz CT molecular complexity index is 1180. The van der Waals surface area contributed by atoms with Crippen molar-refractivity contribution in [3.63, 3.8) is 0 Å². The number of nitriles is 1. The molecule has 9 heteroatoms. The summed E-state index contributed by atoms with van der Waals surface area (Å²) in [5.74, 6) is 0.967. The molecule has 172 valence electrons. The van der Waals surface area contributed by atoms with Crippen molar-refractivity contribution in [3.8, 4) is 11.8 Å². The van der Waals surface area contributed by atoms with Crippen LogP contribution in [-0.4, -0.2) is 69.6 Å². The molecule has 1 amide bonds. The van der Waals surface area contributed by atoms with Gasteiger partial charge in [0.25, 0.3) is 0 Å². The molecule has 1 aromatic carbocycles. The predicted octanol–water partition coefficient (Wildman–Crippen LogP) is 3.03. The van der Waals surface area contributed by atoms with E-state index >= 15 is 0 Å². The van der Waals surface area contributed by atoms with Gasteiger partial charge in [-0.15, -0.1) is 0 Å². The lowest BCUT2D eigenvalue weighted by molar-refractivity contribution is -0.132. The van der Waals surface area contributed by atoms with Gasteiger partial charge in [0.05, 0.1) is 6.20 Å². The van der Waals surface area contributed by atoms with Crippen molar-refractivity contribution in [3.05, 3.63) is 58.0 Å². The fourth-order valence-electron chi connectivity index (χ4n) is 4.19. The van der Waals surface area contributed by atoms with Crippen LogP contribution in [-0.2, 0) is 11.2 Å². The monoisotopic (exact) mass is 466 g/mol. The number of rotatable bonds is 7. The zero-order valence-electron chi connectivity index (χ0n) is 18.9. The molecule has 0 aliphatic carbocycles. The fraction of sp³-hybridized carbons (Fsp3) is 0.417. The number of hydrogen-bond acceptors (Lipinski definition) is 6. The first kappa shape index (κ1) is 23.0. The van der Waals surface area contributed by atoms with Gasteiger partial charge >= 0.3 is 0 Å². The van der Waals surface area contributed by atoms with Crippen LogP contribution in [0.2, 0.25) is 5.02 Å². The summed E-state index contributed by atoms with van der Waals surface area (Å²) in [6.45, 7) is 8.43. The summed E-state index contributed by atoms with van der Waals surface area (Å²) in [6.07, 6.45) is 2.57. The third-order valence-electron chi connectivity index (χ3n) is 6.13. The number of fused-ring (bicyclic) bond motifs is 1. The molecular formula is C24H27ClN6O2. The standard InChI is InChI=1S/C24H27ClN6O2/c1-17-22(18(2)31-24(28-17)19(15-26)16-27-31)7-8-23(32)30-11-9-29(10-12-30)13-14-33-21-5-3-20(25)4-6-21/h3-6,16H,7-14H2,1-2H3. The first-order chi connectivity index (χ1) is 16.0. The number of aryl methyl sites for hydroxylation is 2.